The fraction of sp³-hybridized carbons (Fsp3) is 0.474. The summed E-state index contributed by atoms with van der Waals surface area (Å²) in [6.07, 6.45) is 2.59. The van der Waals surface area contributed by atoms with Gasteiger partial charge in [0.05, 0.1) is 13.2 Å². The second-order valence-corrected chi connectivity index (χ2v) is 7.48. The second kappa shape index (κ2) is 6.63. The lowest BCUT2D eigenvalue weighted by Gasteiger charge is -2.37. The van der Waals surface area contributed by atoms with Crippen LogP contribution in [0.15, 0.2) is 41.8 Å². The van der Waals surface area contributed by atoms with Crippen molar-refractivity contribution in [3.63, 3.8) is 0 Å². The number of fused-ring (bicyclic) bond motifs is 4. The molecule has 1 aromatic carbocycles. The maximum Gasteiger partial charge on any atom is 0.119 e. The Labute approximate surface area is 142 Å². The van der Waals surface area contributed by atoms with E-state index in [1.807, 2.05) is 17.4 Å². The highest BCUT2D eigenvalue weighted by Gasteiger charge is 2.35. The van der Waals surface area contributed by atoms with E-state index in [1.165, 1.54) is 42.9 Å². The molecule has 1 unspecified atom stereocenters. The molecular weight excluding hydrogens is 304 g/mol. The average molecular weight is 328 g/mol. The van der Waals surface area contributed by atoms with Crippen molar-refractivity contribution in [3.05, 3.63) is 52.2 Å². The van der Waals surface area contributed by atoms with Gasteiger partial charge in [-0.05, 0) is 55.1 Å². The number of nitrogens with zero attached hydrogens (tertiary/aromatic N) is 2. The fourth-order valence-corrected chi connectivity index (χ4v) is 4.90. The zero-order valence-corrected chi connectivity index (χ0v) is 14.5. The van der Waals surface area contributed by atoms with Crippen LogP contribution in [0.4, 0.5) is 0 Å². The van der Waals surface area contributed by atoms with Crippen molar-refractivity contribution in [2.75, 3.05) is 33.3 Å². The highest BCUT2D eigenvalue weighted by molar-refractivity contribution is 7.10. The Morgan fingerprint density at radius 3 is 2.70 bits per heavy atom. The Balaban J connectivity index is 1.73. The van der Waals surface area contributed by atoms with E-state index in [0.29, 0.717) is 12.1 Å². The molecule has 1 atom stereocenters. The van der Waals surface area contributed by atoms with Gasteiger partial charge in [-0.1, -0.05) is 18.2 Å². The van der Waals surface area contributed by atoms with Crippen molar-refractivity contribution in [1.82, 2.24) is 9.80 Å². The zero-order chi connectivity index (χ0) is 15.6. The molecule has 2 aromatic rings. The number of ether oxygens (including phenoxy) is 1. The Morgan fingerprint density at radius 1 is 1.09 bits per heavy atom. The van der Waals surface area contributed by atoms with Gasteiger partial charge in [-0.3, -0.25) is 4.90 Å². The topological polar surface area (TPSA) is 15.7 Å². The molecule has 23 heavy (non-hydrogen) atoms. The third-order valence-corrected chi connectivity index (χ3v) is 6.18. The molecule has 3 saturated heterocycles. The highest BCUT2D eigenvalue weighted by atomic mass is 32.1. The van der Waals surface area contributed by atoms with Gasteiger partial charge in [0.15, 0.2) is 0 Å². The fourth-order valence-electron chi connectivity index (χ4n) is 4.03. The van der Waals surface area contributed by atoms with Crippen molar-refractivity contribution in [2.24, 2.45) is 0 Å². The van der Waals surface area contributed by atoms with Crippen LogP contribution in [0.2, 0.25) is 0 Å². The highest BCUT2D eigenvalue weighted by Crippen LogP contribution is 2.37. The summed E-state index contributed by atoms with van der Waals surface area (Å²) in [5.41, 5.74) is 1.35. The van der Waals surface area contributed by atoms with Crippen LogP contribution in [-0.2, 0) is 0 Å². The lowest BCUT2D eigenvalue weighted by molar-refractivity contribution is 0.153. The SMILES string of the molecule is COc1cccc(C(c2cccs2)N2CCN3CCC2CC3)c1. The first kappa shape index (κ1) is 15.2. The Morgan fingerprint density at radius 2 is 1.96 bits per heavy atom. The number of hydrogen-bond acceptors (Lipinski definition) is 4. The number of rotatable bonds is 4. The summed E-state index contributed by atoms with van der Waals surface area (Å²) in [6, 6.07) is 14.1. The molecule has 3 aliphatic rings. The van der Waals surface area contributed by atoms with Crippen molar-refractivity contribution in [3.8, 4) is 5.75 Å². The van der Waals surface area contributed by atoms with Crippen molar-refractivity contribution < 1.29 is 4.74 Å². The molecule has 0 amide bonds. The summed E-state index contributed by atoms with van der Waals surface area (Å²) >= 11 is 1.87. The first-order valence-corrected chi connectivity index (χ1v) is 9.38. The molecule has 0 radical (unpaired) electrons. The zero-order valence-electron chi connectivity index (χ0n) is 13.6. The van der Waals surface area contributed by atoms with Gasteiger partial charge in [0.2, 0.25) is 0 Å². The summed E-state index contributed by atoms with van der Waals surface area (Å²) in [7, 11) is 1.75. The van der Waals surface area contributed by atoms with E-state index < -0.39 is 0 Å². The third-order valence-electron chi connectivity index (χ3n) is 5.25. The predicted octanol–water partition coefficient (Wildman–Crippen LogP) is 3.63. The van der Waals surface area contributed by atoms with Gasteiger partial charge in [-0.2, -0.15) is 0 Å². The van der Waals surface area contributed by atoms with E-state index in [2.05, 4.69) is 45.5 Å². The van der Waals surface area contributed by atoms with Crippen LogP contribution >= 0.6 is 11.3 Å². The minimum atomic E-state index is 0.355. The molecule has 4 heteroatoms. The van der Waals surface area contributed by atoms with Crippen LogP contribution in [0.1, 0.15) is 29.3 Å². The first-order chi connectivity index (χ1) is 11.3. The summed E-state index contributed by atoms with van der Waals surface area (Å²) in [5.74, 6) is 0.951. The number of hydrogen-bond donors (Lipinski definition) is 0. The largest absolute Gasteiger partial charge is 0.497 e. The summed E-state index contributed by atoms with van der Waals surface area (Å²) in [5, 5.41) is 2.20. The van der Waals surface area contributed by atoms with Crippen LogP contribution in [0, 0.1) is 0 Å². The van der Waals surface area contributed by atoms with Gasteiger partial charge in [0.1, 0.15) is 5.75 Å². The molecule has 122 valence electrons. The van der Waals surface area contributed by atoms with Gasteiger partial charge >= 0.3 is 0 Å². The molecule has 0 aliphatic carbocycles. The lowest BCUT2D eigenvalue weighted by atomic mass is 9.98. The van der Waals surface area contributed by atoms with Crippen LogP contribution < -0.4 is 4.74 Å². The molecule has 2 bridgehead atoms. The van der Waals surface area contributed by atoms with Gasteiger partial charge in [0.25, 0.3) is 0 Å². The molecule has 3 fully saturated rings. The number of benzene rings is 1. The van der Waals surface area contributed by atoms with Gasteiger partial charge in [-0.25, -0.2) is 0 Å². The van der Waals surface area contributed by atoms with E-state index in [-0.39, 0.29) is 0 Å². The smallest absolute Gasteiger partial charge is 0.119 e. The Kier molecular flexibility index (Phi) is 4.38. The standard InChI is InChI=1S/C19H24N2OS/c1-22-17-5-2-4-15(14-17)19(18-6-3-13-23-18)21-12-11-20-9-7-16(21)8-10-20/h2-6,13-14,16,19H,7-12H2,1H3. The molecule has 0 spiro atoms. The molecular formula is C19H24N2OS. The minimum absolute atomic E-state index is 0.355. The first-order valence-electron chi connectivity index (χ1n) is 8.50. The van der Waals surface area contributed by atoms with E-state index in [9.17, 15) is 0 Å². The van der Waals surface area contributed by atoms with Gasteiger partial charge in [-0.15, -0.1) is 11.3 Å². The molecule has 0 saturated carbocycles. The monoisotopic (exact) mass is 328 g/mol. The molecule has 5 rings (SSSR count). The quantitative estimate of drug-likeness (QED) is 0.852. The van der Waals surface area contributed by atoms with E-state index in [0.717, 1.165) is 12.3 Å². The number of methoxy groups -OCH3 is 1. The maximum atomic E-state index is 5.47. The second-order valence-electron chi connectivity index (χ2n) is 6.51. The van der Waals surface area contributed by atoms with Crippen LogP contribution in [0.3, 0.4) is 0 Å². The molecule has 3 nitrogen and oxygen atoms in total. The minimum Gasteiger partial charge on any atom is -0.497 e. The number of piperidine rings is 1. The molecule has 0 N–H and O–H groups in total. The normalized spacial score (nSPS) is 26.0. The van der Waals surface area contributed by atoms with E-state index >= 15 is 0 Å². The van der Waals surface area contributed by atoms with Crippen molar-refractivity contribution in [2.45, 2.75) is 24.9 Å². The van der Waals surface area contributed by atoms with Crippen LogP contribution in [0.25, 0.3) is 0 Å². The molecule has 3 aliphatic heterocycles. The maximum absolute atomic E-state index is 5.47. The Hall–Kier alpha value is -1.36. The predicted molar refractivity (Wildman–Crippen MR) is 95.3 cm³/mol. The van der Waals surface area contributed by atoms with E-state index in [4.69, 9.17) is 4.74 Å². The molecule has 1 aromatic heterocycles. The molecule has 4 heterocycles. The van der Waals surface area contributed by atoms with Crippen molar-refractivity contribution in [1.29, 1.82) is 0 Å². The van der Waals surface area contributed by atoms with Crippen LogP contribution in [0.5, 0.6) is 5.75 Å². The summed E-state index contributed by atoms with van der Waals surface area (Å²) in [6.45, 7) is 4.87. The van der Waals surface area contributed by atoms with Gasteiger partial charge in [0, 0.05) is 24.0 Å². The third kappa shape index (κ3) is 3.03. The Bertz CT molecular complexity index is 635. The lowest BCUT2D eigenvalue weighted by Crippen LogP contribution is -2.40. The summed E-state index contributed by atoms with van der Waals surface area (Å²) < 4.78 is 5.47. The number of thiophene rings is 1. The van der Waals surface area contributed by atoms with Gasteiger partial charge < -0.3 is 9.64 Å². The summed E-state index contributed by atoms with van der Waals surface area (Å²) in [4.78, 5) is 6.81. The van der Waals surface area contributed by atoms with Crippen LogP contribution in [-0.4, -0.2) is 49.1 Å². The van der Waals surface area contributed by atoms with Crippen molar-refractivity contribution >= 4 is 11.3 Å². The van der Waals surface area contributed by atoms with E-state index in [1.54, 1.807) is 7.11 Å². The average Bonchev–Trinajstić information content (AvgIpc) is 2.97.